The lowest BCUT2D eigenvalue weighted by Gasteiger charge is -2.23. The van der Waals surface area contributed by atoms with Crippen molar-refractivity contribution in [2.24, 2.45) is 4.99 Å². The topological polar surface area (TPSA) is 30.9 Å². The third-order valence-corrected chi connectivity index (χ3v) is 5.03. The highest BCUT2D eigenvalue weighted by molar-refractivity contribution is 7.09. The van der Waals surface area contributed by atoms with E-state index in [-0.39, 0.29) is 0 Å². The van der Waals surface area contributed by atoms with Gasteiger partial charge in [-0.1, -0.05) is 6.07 Å². The van der Waals surface area contributed by atoms with Crippen LogP contribution < -0.4 is 5.32 Å². The van der Waals surface area contributed by atoms with E-state index in [2.05, 4.69) is 53.6 Å². The Morgan fingerprint density at radius 2 is 2.43 bits per heavy atom. The zero-order chi connectivity index (χ0) is 15.1. The summed E-state index contributed by atoms with van der Waals surface area (Å²) in [5, 5.41) is 5.56. The van der Waals surface area contributed by atoms with Crippen molar-refractivity contribution >= 4 is 17.3 Å². The van der Waals surface area contributed by atoms with E-state index < -0.39 is 0 Å². The summed E-state index contributed by atoms with van der Waals surface area (Å²) < 4.78 is 0. The summed E-state index contributed by atoms with van der Waals surface area (Å²) in [4.78, 5) is 11.0. The van der Waals surface area contributed by atoms with E-state index in [4.69, 9.17) is 4.99 Å². The largest absolute Gasteiger partial charge is 0.357 e. The standard InChI is InChI=1S/C16H28N4S/c1-4-17-16(18-13-14-7-5-10-19(14)2)20(3)11-9-15-8-6-12-21-15/h6,8,12,14H,4-5,7,9-11,13H2,1-3H3,(H,17,18). The molecular weight excluding hydrogens is 280 g/mol. The van der Waals surface area contributed by atoms with Crippen molar-refractivity contribution in [2.45, 2.75) is 32.2 Å². The minimum absolute atomic E-state index is 0.615. The van der Waals surface area contributed by atoms with E-state index in [0.29, 0.717) is 6.04 Å². The van der Waals surface area contributed by atoms with Crippen LogP contribution in [0.15, 0.2) is 22.5 Å². The second kappa shape index (κ2) is 8.39. The van der Waals surface area contributed by atoms with Gasteiger partial charge in [-0.05, 0) is 51.2 Å². The Bertz CT molecular complexity index is 429. The van der Waals surface area contributed by atoms with Crippen LogP contribution in [0, 0.1) is 0 Å². The number of nitrogens with one attached hydrogen (secondary N) is 1. The first kappa shape index (κ1) is 16.3. The van der Waals surface area contributed by atoms with Crippen molar-refractivity contribution < 1.29 is 0 Å². The number of aliphatic imine (C=N–C) groups is 1. The van der Waals surface area contributed by atoms with Crippen molar-refractivity contribution in [1.29, 1.82) is 0 Å². The van der Waals surface area contributed by atoms with E-state index in [1.54, 1.807) is 0 Å². The van der Waals surface area contributed by atoms with Crippen LogP contribution in [0.25, 0.3) is 0 Å². The molecule has 0 amide bonds. The fraction of sp³-hybridized carbons (Fsp3) is 0.688. The first-order valence-electron chi connectivity index (χ1n) is 7.92. The fourth-order valence-corrected chi connectivity index (χ4v) is 3.41. The molecule has 1 aromatic rings. The molecule has 0 spiro atoms. The van der Waals surface area contributed by atoms with Crippen molar-refractivity contribution in [3.63, 3.8) is 0 Å². The average Bonchev–Trinajstić information content (AvgIpc) is 3.12. The van der Waals surface area contributed by atoms with Gasteiger partial charge in [0.15, 0.2) is 5.96 Å². The van der Waals surface area contributed by atoms with Gasteiger partial charge in [0.25, 0.3) is 0 Å². The molecule has 2 rings (SSSR count). The number of nitrogens with zero attached hydrogens (tertiary/aromatic N) is 3. The average molecular weight is 308 g/mol. The fourth-order valence-electron chi connectivity index (χ4n) is 2.71. The summed E-state index contributed by atoms with van der Waals surface area (Å²) in [5.41, 5.74) is 0. The second-order valence-corrected chi connectivity index (χ2v) is 6.75. The molecule has 0 saturated carbocycles. The molecule has 118 valence electrons. The second-order valence-electron chi connectivity index (χ2n) is 5.72. The van der Waals surface area contributed by atoms with Crippen LogP contribution in [-0.2, 0) is 6.42 Å². The number of rotatable bonds is 6. The van der Waals surface area contributed by atoms with E-state index in [9.17, 15) is 0 Å². The van der Waals surface area contributed by atoms with Crippen molar-refractivity contribution in [3.05, 3.63) is 22.4 Å². The van der Waals surface area contributed by atoms with Crippen molar-refractivity contribution in [3.8, 4) is 0 Å². The predicted molar refractivity (Wildman–Crippen MR) is 92.3 cm³/mol. The van der Waals surface area contributed by atoms with Crippen LogP contribution in [-0.4, -0.2) is 62.1 Å². The van der Waals surface area contributed by atoms with Gasteiger partial charge < -0.3 is 15.1 Å². The van der Waals surface area contributed by atoms with Crippen LogP contribution in [0.1, 0.15) is 24.6 Å². The SMILES string of the molecule is CCNC(=NCC1CCCN1C)N(C)CCc1cccs1. The zero-order valence-corrected chi connectivity index (χ0v) is 14.3. The minimum Gasteiger partial charge on any atom is -0.357 e. The highest BCUT2D eigenvalue weighted by atomic mass is 32.1. The highest BCUT2D eigenvalue weighted by Gasteiger charge is 2.20. The Balaban J connectivity index is 1.86. The minimum atomic E-state index is 0.615. The molecule has 1 atom stereocenters. The van der Waals surface area contributed by atoms with Crippen LogP contribution >= 0.6 is 11.3 Å². The molecule has 1 unspecified atom stereocenters. The number of guanidine groups is 1. The maximum Gasteiger partial charge on any atom is 0.193 e. The Kier molecular flexibility index (Phi) is 6.51. The van der Waals surface area contributed by atoms with E-state index in [0.717, 1.165) is 32.0 Å². The van der Waals surface area contributed by atoms with Gasteiger partial charge >= 0.3 is 0 Å². The number of thiophene rings is 1. The smallest absolute Gasteiger partial charge is 0.193 e. The van der Waals surface area contributed by atoms with Gasteiger partial charge in [-0.25, -0.2) is 0 Å². The summed E-state index contributed by atoms with van der Waals surface area (Å²) in [6.07, 6.45) is 3.67. The number of likely N-dealkylation sites (N-methyl/N-ethyl adjacent to an activating group) is 2. The molecule has 0 aliphatic carbocycles. The maximum atomic E-state index is 4.84. The molecule has 0 bridgehead atoms. The maximum absolute atomic E-state index is 4.84. The Hall–Kier alpha value is -1.07. The summed E-state index contributed by atoms with van der Waals surface area (Å²) >= 11 is 1.83. The van der Waals surface area contributed by atoms with Gasteiger partial charge in [-0.3, -0.25) is 4.99 Å². The first-order valence-corrected chi connectivity index (χ1v) is 8.80. The molecule has 1 aliphatic heterocycles. The summed E-state index contributed by atoms with van der Waals surface area (Å²) in [6, 6.07) is 4.94. The van der Waals surface area contributed by atoms with E-state index in [1.165, 1.54) is 24.3 Å². The van der Waals surface area contributed by atoms with Crippen LogP contribution in [0.5, 0.6) is 0 Å². The Morgan fingerprint density at radius 1 is 1.57 bits per heavy atom. The van der Waals surface area contributed by atoms with Gasteiger partial charge in [0.1, 0.15) is 0 Å². The highest BCUT2D eigenvalue weighted by Crippen LogP contribution is 2.15. The molecule has 0 radical (unpaired) electrons. The van der Waals surface area contributed by atoms with Crippen LogP contribution in [0.3, 0.4) is 0 Å². The molecular formula is C16H28N4S. The molecule has 0 aromatic carbocycles. The van der Waals surface area contributed by atoms with Crippen molar-refractivity contribution in [1.82, 2.24) is 15.1 Å². The summed E-state index contributed by atoms with van der Waals surface area (Å²) in [6.45, 7) is 6.17. The quantitative estimate of drug-likeness (QED) is 0.646. The summed E-state index contributed by atoms with van der Waals surface area (Å²) in [7, 11) is 4.34. The monoisotopic (exact) mass is 308 g/mol. The molecule has 1 fully saturated rings. The van der Waals surface area contributed by atoms with Gasteiger partial charge in [-0.2, -0.15) is 0 Å². The first-order chi connectivity index (χ1) is 10.2. The van der Waals surface area contributed by atoms with E-state index in [1.807, 2.05) is 11.3 Å². The molecule has 1 N–H and O–H groups in total. The molecule has 1 saturated heterocycles. The Labute approximate surface area is 132 Å². The summed E-state index contributed by atoms with van der Waals surface area (Å²) in [5.74, 6) is 1.04. The molecule has 4 nitrogen and oxygen atoms in total. The number of likely N-dealkylation sites (tertiary alicyclic amines) is 1. The zero-order valence-electron chi connectivity index (χ0n) is 13.5. The molecule has 2 heterocycles. The van der Waals surface area contributed by atoms with Gasteiger partial charge in [-0.15, -0.1) is 11.3 Å². The molecule has 21 heavy (non-hydrogen) atoms. The van der Waals surface area contributed by atoms with Crippen LogP contribution in [0.2, 0.25) is 0 Å². The van der Waals surface area contributed by atoms with Crippen LogP contribution in [0.4, 0.5) is 0 Å². The molecule has 1 aliphatic rings. The lowest BCUT2D eigenvalue weighted by Crippen LogP contribution is -2.41. The number of hydrogen-bond acceptors (Lipinski definition) is 3. The molecule has 1 aromatic heterocycles. The normalized spacial score (nSPS) is 20.0. The third-order valence-electron chi connectivity index (χ3n) is 4.09. The van der Waals surface area contributed by atoms with Crippen molar-refractivity contribution in [2.75, 3.05) is 40.3 Å². The van der Waals surface area contributed by atoms with Gasteiger partial charge in [0.2, 0.25) is 0 Å². The third kappa shape index (κ3) is 5.00. The predicted octanol–water partition coefficient (Wildman–Crippen LogP) is 2.28. The molecule has 5 heteroatoms. The Morgan fingerprint density at radius 3 is 3.05 bits per heavy atom. The number of hydrogen-bond donors (Lipinski definition) is 1. The lowest BCUT2D eigenvalue weighted by molar-refractivity contribution is 0.316. The van der Waals surface area contributed by atoms with Gasteiger partial charge in [0, 0.05) is 31.1 Å². The van der Waals surface area contributed by atoms with Gasteiger partial charge in [0.05, 0.1) is 6.54 Å². The van der Waals surface area contributed by atoms with E-state index >= 15 is 0 Å². The lowest BCUT2D eigenvalue weighted by atomic mass is 10.2.